The molecule has 3 fully saturated rings. The van der Waals surface area contributed by atoms with Gasteiger partial charge in [0.2, 0.25) is 11.8 Å². The maximum atomic E-state index is 15.3. The number of nitrogens with one attached hydrogen (secondary N) is 1. The average molecular weight is 479 g/mol. The molecule has 35 heavy (non-hydrogen) atoms. The number of primary amides is 1. The van der Waals surface area contributed by atoms with Crippen molar-refractivity contribution in [3.8, 4) is 0 Å². The highest BCUT2D eigenvalue weighted by Crippen LogP contribution is 2.52. The summed E-state index contributed by atoms with van der Waals surface area (Å²) in [6, 6.07) is 11.0. The Morgan fingerprint density at radius 3 is 2.63 bits per heavy atom. The van der Waals surface area contributed by atoms with Crippen molar-refractivity contribution in [2.24, 2.45) is 11.7 Å². The van der Waals surface area contributed by atoms with Gasteiger partial charge >= 0.3 is 0 Å². The lowest BCUT2D eigenvalue weighted by Gasteiger charge is -2.27. The number of nitrogens with zero attached hydrogens (tertiary/aromatic N) is 3. The van der Waals surface area contributed by atoms with Crippen LogP contribution in [0.4, 0.5) is 8.78 Å². The molecule has 180 valence electrons. The second-order valence-corrected chi connectivity index (χ2v) is 9.61. The lowest BCUT2D eigenvalue weighted by atomic mass is 10.1. The van der Waals surface area contributed by atoms with E-state index >= 15 is 4.39 Å². The number of likely N-dealkylation sites (tertiary alicyclic amines) is 1. The summed E-state index contributed by atoms with van der Waals surface area (Å²) in [7, 11) is 0. The van der Waals surface area contributed by atoms with E-state index in [1.165, 1.54) is 22.9 Å². The second kappa shape index (κ2) is 7.59. The van der Waals surface area contributed by atoms with Gasteiger partial charge < -0.3 is 16.0 Å². The molecule has 2 aliphatic carbocycles. The number of rotatable bonds is 6. The van der Waals surface area contributed by atoms with E-state index in [2.05, 4.69) is 10.4 Å². The Hall–Kier alpha value is -3.82. The summed E-state index contributed by atoms with van der Waals surface area (Å²) < 4.78 is 30.8. The number of aromatic nitrogens is 2. The fraction of sp³-hybridized carbons (Fsp3) is 0.360. The third-order valence-corrected chi connectivity index (χ3v) is 7.40. The van der Waals surface area contributed by atoms with Crippen molar-refractivity contribution in [1.29, 1.82) is 0 Å². The monoisotopic (exact) mass is 479 g/mol. The number of piperidine rings is 1. The molecule has 10 heteroatoms. The number of amides is 3. The van der Waals surface area contributed by atoms with Crippen LogP contribution in [-0.4, -0.2) is 50.5 Å². The molecular formula is C25H23F2N5O3. The van der Waals surface area contributed by atoms with E-state index in [0.717, 1.165) is 6.42 Å². The van der Waals surface area contributed by atoms with Crippen LogP contribution in [0, 0.1) is 11.7 Å². The van der Waals surface area contributed by atoms with Gasteiger partial charge in [0.1, 0.15) is 18.4 Å². The first-order valence-corrected chi connectivity index (χ1v) is 11.6. The Labute approximate surface area is 199 Å². The molecule has 2 aromatic carbocycles. The molecule has 8 nitrogen and oxygen atoms in total. The first-order chi connectivity index (χ1) is 16.8. The van der Waals surface area contributed by atoms with E-state index in [-0.39, 0.29) is 42.1 Å². The Morgan fingerprint density at radius 2 is 1.86 bits per heavy atom. The van der Waals surface area contributed by atoms with Gasteiger partial charge in [-0.05, 0) is 30.9 Å². The number of benzene rings is 2. The minimum atomic E-state index is -1.95. The Morgan fingerprint density at radius 1 is 1.11 bits per heavy atom. The van der Waals surface area contributed by atoms with Crippen LogP contribution in [0.2, 0.25) is 0 Å². The van der Waals surface area contributed by atoms with Crippen molar-refractivity contribution in [2.45, 2.75) is 49.6 Å². The fourth-order valence-corrected chi connectivity index (χ4v) is 5.46. The molecule has 6 rings (SSSR count). The summed E-state index contributed by atoms with van der Waals surface area (Å²) in [5, 5.41) is 7.48. The number of carbonyl (C=O) groups is 3. The number of hydrogen-bond donors (Lipinski definition) is 2. The zero-order valence-electron chi connectivity index (χ0n) is 18.7. The molecule has 1 aliphatic heterocycles. The molecule has 3 aliphatic rings. The van der Waals surface area contributed by atoms with Gasteiger partial charge in [-0.3, -0.25) is 19.1 Å². The molecule has 3 aromatic rings. The van der Waals surface area contributed by atoms with Gasteiger partial charge in [0.05, 0.1) is 11.6 Å². The fourth-order valence-electron chi connectivity index (χ4n) is 5.46. The highest BCUT2D eigenvalue weighted by molar-refractivity contribution is 6.04. The number of fused-ring (bicyclic) bond motifs is 2. The van der Waals surface area contributed by atoms with Gasteiger partial charge in [-0.25, -0.2) is 8.78 Å². The van der Waals surface area contributed by atoms with E-state index in [1.807, 2.05) is 0 Å². The lowest BCUT2D eigenvalue weighted by molar-refractivity contribution is -0.140. The molecule has 0 spiro atoms. The first kappa shape index (κ1) is 21.7. The molecule has 0 bridgehead atoms. The molecule has 1 saturated heterocycles. The van der Waals surface area contributed by atoms with Crippen molar-refractivity contribution >= 4 is 28.6 Å². The van der Waals surface area contributed by atoms with Crippen LogP contribution < -0.4 is 11.1 Å². The van der Waals surface area contributed by atoms with E-state index in [1.54, 1.807) is 35.2 Å². The highest BCUT2D eigenvalue weighted by atomic mass is 19.2. The first-order valence-electron chi connectivity index (χ1n) is 11.6. The van der Waals surface area contributed by atoms with Gasteiger partial charge in [0.25, 0.3) is 5.91 Å². The van der Waals surface area contributed by atoms with Crippen molar-refractivity contribution in [2.75, 3.05) is 0 Å². The minimum absolute atomic E-state index is 0.0115. The van der Waals surface area contributed by atoms with Crippen LogP contribution >= 0.6 is 0 Å². The number of alkyl halides is 1. The zero-order chi connectivity index (χ0) is 24.5. The Kier molecular flexibility index (Phi) is 4.71. The van der Waals surface area contributed by atoms with Crippen LogP contribution in [0.15, 0.2) is 48.5 Å². The Balaban J connectivity index is 1.19. The van der Waals surface area contributed by atoms with Crippen LogP contribution in [0.5, 0.6) is 0 Å². The summed E-state index contributed by atoms with van der Waals surface area (Å²) >= 11 is 0. The van der Waals surface area contributed by atoms with Crippen LogP contribution in [0.3, 0.4) is 0 Å². The third kappa shape index (κ3) is 3.46. The largest absolute Gasteiger partial charge is 0.364 e. The van der Waals surface area contributed by atoms with Gasteiger partial charge in [0.15, 0.2) is 11.4 Å². The normalized spacial score (nSPS) is 28.6. The average Bonchev–Trinajstić information content (AvgIpc) is 3.64. The molecular weight excluding hydrogens is 456 g/mol. The summed E-state index contributed by atoms with van der Waals surface area (Å²) in [5.41, 5.74) is 4.10. The maximum absolute atomic E-state index is 15.3. The number of halogens is 2. The topological polar surface area (TPSA) is 110 Å². The predicted octanol–water partition coefficient (Wildman–Crippen LogP) is 2.02. The molecule has 2 heterocycles. The van der Waals surface area contributed by atoms with Crippen LogP contribution in [0.25, 0.3) is 10.9 Å². The number of carbonyl (C=O) groups excluding carboxylic acids is 3. The zero-order valence-corrected chi connectivity index (χ0v) is 18.7. The number of para-hydroxylation sites is 1. The van der Waals surface area contributed by atoms with Crippen LogP contribution in [0.1, 0.15) is 35.3 Å². The van der Waals surface area contributed by atoms with Crippen molar-refractivity contribution in [1.82, 2.24) is 20.0 Å². The van der Waals surface area contributed by atoms with Gasteiger partial charge in [0, 0.05) is 23.4 Å². The maximum Gasteiger partial charge on any atom is 0.269 e. The molecule has 1 aromatic heterocycles. The molecule has 0 unspecified atom stereocenters. The van der Waals surface area contributed by atoms with Crippen molar-refractivity contribution in [3.05, 3.63) is 65.6 Å². The van der Waals surface area contributed by atoms with Gasteiger partial charge in [-0.1, -0.05) is 36.4 Å². The molecule has 2 saturated carbocycles. The Bertz CT molecular complexity index is 1390. The SMILES string of the molecule is NC(=O)c1nn(CC(=O)N2[C@@H]3C[C@@H]3C[C@H]2C(=O)N[C@H]2C[C@]2(F)c2ccccc2F)c2ccccc12. The highest BCUT2D eigenvalue weighted by Gasteiger charge is 2.61. The van der Waals surface area contributed by atoms with Gasteiger partial charge in [-0.2, -0.15) is 5.10 Å². The molecule has 3 amide bonds. The lowest BCUT2D eigenvalue weighted by Crippen LogP contribution is -2.50. The third-order valence-electron chi connectivity index (χ3n) is 7.40. The second-order valence-electron chi connectivity index (χ2n) is 9.61. The van der Waals surface area contributed by atoms with E-state index < -0.39 is 35.4 Å². The summed E-state index contributed by atoms with van der Waals surface area (Å²) in [4.78, 5) is 39.8. The minimum Gasteiger partial charge on any atom is -0.364 e. The quantitative estimate of drug-likeness (QED) is 0.564. The number of hydrogen-bond acceptors (Lipinski definition) is 4. The number of nitrogens with two attached hydrogens (primary N) is 1. The van der Waals surface area contributed by atoms with Crippen LogP contribution in [-0.2, 0) is 21.8 Å². The molecule has 0 radical (unpaired) electrons. The van der Waals surface area contributed by atoms with Crippen molar-refractivity contribution < 1.29 is 23.2 Å². The van der Waals surface area contributed by atoms with E-state index in [4.69, 9.17) is 5.73 Å². The summed E-state index contributed by atoms with van der Waals surface area (Å²) in [6.07, 6.45) is 1.30. The smallest absolute Gasteiger partial charge is 0.269 e. The van der Waals surface area contributed by atoms with E-state index in [9.17, 15) is 18.8 Å². The van der Waals surface area contributed by atoms with E-state index in [0.29, 0.717) is 17.3 Å². The summed E-state index contributed by atoms with van der Waals surface area (Å²) in [6.45, 7) is -0.160. The van der Waals surface area contributed by atoms with Crippen molar-refractivity contribution in [3.63, 3.8) is 0 Å². The standard InChI is InChI=1S/C25H23F2N5O3/c26-16-7-3-2-6-15(16)25(27)11-20(25)29-24(35)19-10-13-9-18(13)32(19)21(33)12-31-17-8-4-1-5-14(17)22(30-31)23(28)34/h1-8,13,18-20H,9-12H2,(H2,28,34)(H,29,35)/t13-,18-,19+,20+,25+/m1/s1. The molecule has 5 atom stereocenters. The van der Waals surface area contributed by atoms with Gasteiger partial charge in [-0.15, -0.1) is 0 Å². The predicted molar refractivity (Wildman–Crippen MR) is 121 cm³/mol. The summed E-state index contributed by atoms with van der Waals surface area (Å²) in [5.74, 6) is -1.86. The molecule has 3 N–H and O–H groups in total.